The third kappa shape index (κ3) is 3.23. The van der Waals surface area contributed by atoms with Crippen molar-refractivity contribution in [1.82, 2.24) is 0 Å². The third-order valence-electron chi connectivity index (χ3n) is 2.29. The number of nitrogens with zero attached hydrogens (tertiary/aromatic N) is 1. The summed E-state index contributed by atoms with van der Waals surface area (Å²) in [5.74, 6) is 0.626. The Morgan fingerprint density at radius 3 is 2.88 bits per heavy atom. The van der Waals surface area contributed by atoms with Gasteiger partial charge in [-0.1, -0.05) is 11.6 Å². The predicted octanol–water partition coefficient (Wildman–Crippen LogP) is 3.89. The molecule has 4 heteroatoms. The normalized spacial score (nSPS) is 9.88. The molecule has 0 aliphatic heterocycles. The van der Waals surface area contributed by atoms with Crippen LogP contribution in [-0.4, -0.2) is 6.61 Å². The molecule has 17 heavy (non-hydrogen) atoms. The second kappa shape index (κ2) is 5.72. The Bertz CT molecular complexity index is 531. The van der Waals surface area contributed by atoms with Crippen LogP contribution < -0.4 is 4.74 Å². The summed E-state index contributed by atoms with van der Waals surface area (Å²) in [6, 6.07) is 9.16. The maximum atomic E-state index is 8.71. The molecule has 0 N–H and O–H groups in total. The van der Waals surface area contributed by atoms with E-state index < -0.39 is 0 Å². The van der Waals surface area contributed by atoms with Crippen molar-refractivity contribution in [1.29, 1.82) is 5.26 Å². The SMILES string of the molecule is N#Cc1ccc(OCCc2ccsc2)c(Cl)c1. The van der Waals surface area contributed by atoms with Crippen molar-refractivity contribution >= 4 is 22.9 Å². The van der Waals surface area contributed by atoms with Crippen molar-refractivity contribution in [3.05, 3.63) is 51.2 Å². The molecule has 0 spiro atoms. The Kier molecular flexibility index (Phi) is 4.03. The Labute approximate surface area is 109 Å². The molecule has 0 amide bonds. The molecule has 2 nitrogen and oxygen atoms in total. The first kappa shape index (κ1) is 12.0. The number of benzene rings is 1. The largest absolute Gasteiger partial charge is 0.492 e. The molecule has 0 aliphatic carbocycles. The first-order valence-electron chi connectivity index (χ1n) is 5.13. The Morgan fingerprint density at radius 2 is 2.24 bits per heavy atom. The zero-order chi connectivity index (χ0) is 12.1. The van der Waals surface area contributed by atoms with Gasteiger partial charge in [-0.2, -0.15) is 16.6 Å². The van der Waals surface area contributed by atoms with Crippen LogP contribution in [0.4, 0.5) is 0 Å². The van der Waals surface area contributed by atoms with Gasteiger partial charge in [-0.25, -0.2) is 0 Å². The summed E-state index contributed by atoms with van der Waals surface area (Å²) in [7, 11) is 0. The Balaban J connectivity index is 1.93. The van der Waals surface area contributed by atoms with Crippen LogP contribution >= 0.6 is 22.9 Å². The second-order valence-corrected chi connectivity index (χ2v) is 4.67. The van der Waals surface area contributed by atoms with Gasteiger partial charge in [0.2, 0.25) is 0 Å². The summed E-state index contributed by atoms with van der Waals surface area (Å²) >= 11 is 7.67. The first-order chi connectivity index (χ1) is 8.29. The van der Waals surface area contributed by atoms with E-state index in [0.29, 0.717) is 22.9 Å². The second-order valence-electron chi connectivity index (χ2n) is 3.49. The van der Waals surface area contributed by atoms with Crippen molar-refractivity contribution in [2.45, 2.75) is 6.42 Å². The fourth-order valence-electron chi connectivity index (χ4n) is 1.40. The van der Waals surface area contributed by atoms with Crippen LogP contribution in [0.25, 0.3) is 0 Å². The number of halogens is 1. The minimum Gasteiger partial charge on any atom is -0.492 e. The number of rotatable bonds is 4. The number of ether oxygens (including phenoxy) is 1. The summed E-state index contributed by atoms with van der Waals surface area (Å²) in [4.78, 5) is 0. The standard InChI is InChI=1S/C13H10ClNOS/c14-12-7-11(8-15)1-2-13(12)16-5-3-10-4-6-17-9-10/h1-2,4,6-7,9H,3,5H2. The van der Waals surface area contributed by atoms with E-state index in [4.69, 9.17) is 21.6 Å². The van der Waals surface area contributed by atoms with Crippen molar-refractivity contribution in [3.63, 3.8) is 0 Å². The molecule has 0 fully saturated rings. The molecule has 0 atom stereocenters. The summed E-state index contributed by atoms with van der Waals surface area (Å²) in [6.07, 6.45) is 0.861. The van der Waals surface area contributed by atoms with E-state index in [-0.39, 0.29) is 0 Å². The average Bonchev–Trinajstić information content (AvgIpc) is 2.84. The van der Waals surface area contributed by atoms with E-state index in [1.807, 2.05) is 11.4 Å². The van der Waals surface area contributed by atoms with E-state index in [2.05, 4.69) is 11.4 Å². The van der Waals surface area contributed by atoms with Crippen LogP contribution in [0.1, 0.15) is 11.1 Å². The smallest absolute Gasteiger partial charge is 0.137 e. The molecule has 0 saturated heterocycles. The quantitative estimate of drug-likeness (QED) is 0.838. The maximum Gasteiger partial charge on any atom is 0.137 e. The van der Waals surface area contributed by atoms with Crippen LogP contribution in [0.5, 0.6) is 5.75 Å². The number of hydrogen-bond acceptors (Lipinski definition) is 3. The number of nitriles is 1. The van der Waals surface area contributed by atoms with E-state index in [1.165, 1.54) is 5.56 Å². The lowest BCUT2D eigenvalue weighted by atomic mass is 10.2. The summed E-state index contributed by atoms with van der Waals surface area (Å²) < 4.78 is 5.57. The molecule has 0 unspecified atom stereocenters. The molecule has 1 aromatic carbocycles. The van der Waals surface area contributed by atoms with Gasteiger partial charge >= 0.3 is 0 Å². The van der Waals surface area contributed by atoms with Crippen molar-refractivity contribution < 1.29 is 4.74 Å². The maximum absolute atomic E-state index is 8.71. The van der Waals surface area contributed by atoms with E-state index in [1.54, 1.807) is 29.5 Å². The van der Waals surface area contributed by atoms with E-state index in [9.17, 15) is 0 Å². The molecule has 2 aromatic rings. The Hall–Kier alpha value is -1.50. The fraction of sp³-hybridized carbons (Fsp3) is 0.154. The predicted molar refractivity (Wildman–Crippen MR) is 69.7 cm³/mol. The molecular weight excluding hydrogens is 254 g/mol. The van der Waals surface area contributed by atoms with E-state index >= 15 is 0 Å². The van der Waals surface area contributed by atoms with Gasteiger partial charge in [-0.15, -0.1) is 0 Å². The lowest BCUT2D eigenvalue weighted by molar-refractivity contribution is 0.322. The van der Waals surface area contributed by atoms with Crippen LogP contribution in [0.15, 0.2) is 35.0 Å². The van der Waals surface area contributed by atoms with Gasteiger partial charge in [-0.05, 0) is 40.6 Å². The summed E-state index contributed by atoms with van der Waals surface area (Å²) in [6.45, 7) is 0.586. The molecule has 0 aliphatic rings. The fourth-order valence-corrected chi connectivity index (χ4v) is 2.34. The van der Waals surface area contributed by atoms with Crippen LogP contribution in [-0.2, 0) is 6.42 Å². The molecule has 86 valence electrons. The van der Waals surface area contributed by atoms with Crippen LogP contribution in [0.3, 0.4) is 0 Å². The van der Waals surface area contributed by atoms with Gasteiger partial charge in [0.05, 0.1) is 23.3 Å². The molecule has 0 saturated carbocycles. The Morgan fingerprint density at radius 1 is 1.35 bits per heavy atom. The van der Waals surface area contributed by atoms with Crippen molar-refractivity contribution in [3.8, 4) is 11.8 Å². The lowest BCUT2D eigenvalue weighted by Crippen LogP contribution is -2.00. The average molecular weight is 264 g/mol. The summed E-state index contributed by atoms with van der Waals surface area (Å²) in [5.41, 5.74) is 1.81. The van der Waals surface area contributed by atoms with Gasteiger partial charge in [0, 0.05) is 6.42 Å². The van der Waals surface area contributed by atoms with E-state index in [0.717, 1.165) is 6.42 Å². The molecule has 1 heterocycles. The van der Waals surface area contributed by atoms with Gasteiger partial charge in [0.15, 0.2) is 0 Å². The lowest BCUT2D eigenvalue weighted by Gasteiger charge is -2.07. The molecule has 0 bridgehead atoms. The zero-order valence-corrected chi connectivity index (χ0v) is 10.6. The minimum atomic E-state index is 0.481. The van der Waals surface area contributed by atoms with Crippen LogP contribution in [0.2, 0.25) is 5.02 Å². The highest BCUT2D eigenvalue weighted by molar-refractivity contribution is 7.07. The topological polar surface area (TPSA) is 33.0 Å². The highest BCUT2D eigenvalue weighted by Crippen LogP contribution is 2.25. The number of thiophene rings is 1. The van der Waals surface area contributed by atoms with Crippen LogP contribution in [0, 0.1) is 11.3 Å². The van der Waals surface area contributed by atoms with Gasteiger partial charge in [-0.3, -0.25) is 0 Å². The van der Waals surface area contributed by atoms with Crippen molar-refractivity contribution in [2.75, 3.05) is 6.61 Å². The number of hydrogen-bond donors (Lipinski definition) is 0. The molecule has 0 radical (unpaired) electrons. The highest BCUT2D eigenvalue weighted by atomic mass is 35.5. The van der Waals surface area contributed by atoms with Gasteiger partial charge in [0.1, 0.15) is 5.75 Å². The van der Waals surface area contributed by atoms with Gasteiger partial charge < -0.3 is 4.74 Å². The zero-order valence-electron chi connectivity index (χ0n) is 9.02. The molecular formula is C13H10ClNOS. The van der Waals surface area contributed by atoms with Gasteiger partial charge in [0.25, 0.3) is 0 Å². The molecule has 2 rings (SSSR count). The monoisotopic (exact) mass is 263 g/mol. The molecule has 1 aromatic heterocycles. The first-order valence-corrected chi connectivity index (χ1v) is 6.45. The minimum absolute atomic E-state index is 0.481. The highest BCUT2D eigenvalue weighted by Gasteiger charge is 2.03. The summed E-state index contributed by atoms with van der Waals surface area (Å²) in [5, 5.41) is 13.3. The third-order valence-corrected chi connectivity index (χ3v) is 3.32. The van der Waals surface area contributed by atoms with Crippen molar-refractivity contribution in [2.24, 2.45) is 0 Å².